The van der Waals surface area contributed by atoms with E-state index in [0.29, 0.717) is 12.7 Å². The summed E-state index contributed by atoms with van der Waals surface area (Å²) in [5.41, 5.74) is 8.98. The first-order valence-corrected chi connectivity index (χ1v) is 10.7. The van der Waals surface area contributed by atoms with Crippen molar-refractivity contribution in [3.8, 4) is 21.4 Å². The number of nitrogens with one attached hydrogen (secondary N) is 3. The summed E-state index contributed by atoms with van der Waals surface area (Å²) in [6.45, 7) is 2.92. The molecule has 6 nitrogen and oxygen atoms in total. The second-order valence-electron chi connectivity index (χ2n) is 6.63. The highest BCUT2D eigenvalue weighted by Gasteiger charge is 2.29. The molecule has 2 aliphatic heterocycles. The molecular formula is C19H20N4O2S2. The number of fused-ring (bicyclic) bond motifs is 1. The third-order valence-electron chi connectivity index (χ3n) is 4.85. The van der Waals surface area contributed by atoms with Crippen molar-refractivity contribution < 1.29 is 9.47 Å². The van der Waals surface area contributed by atoms with Crippen LogP contribution in [0.15, 0.2) is 41.1 Å². The summed E-state index contributed by atoms with van der Waals surface area (Å²) in [6.07, 6.45) is 0. The second-order valence-corrected chi connectivity index (χ2v) is 8.43. The van der Waals surface area contributed by atoms with Crippen LogP contribution in [0.2, 0.25) is 0 Å². The standard InChI is InChI=1S/C19H20N4O2S2/c1-2-17(26-5-1)19-22-14(10-27-19)9-20-7-13-8-21-23-18(13)12-3-4-15-16(6-12)25-11-24-15/h1-6,10,13,18,20-21,23H,7-9,11H2. The van der Waals surface area contributed by atoms with Gasteiger partial charge >= 0.3 is 0 Å². The van der Waals surface area contributed by atoms with E-state index < -0.39 is 0 Å². The van der Waals surface area contributed by atoms with Crippen LogP contribution in [-0.2, 0) is 6.54 Å². The molecule has 27 heavy (non-hydrogen) atoms. The van der Waals surface area contributed by atoms with Crippen LogP contribution in [0.1, 0.15) is 17.3 Å². The fourth-order valence-corrected chi connectivity index (χ4v) is 5.11. The minimum atomic E-state index is 0.240. The molecule has 0 amide bonds. The van der Waals surface area contributed by atoms with E-state index >= 15 is 0 Å². The van der Waals surface area contributed by atoms with Gasteiger partial charge in [-0.15, -0.1) is 22.7 Å². The lowest BCUT2D eigenvalue weighted by Gasteiger charge is -2.19. The Morgan fingerprint density at radius 2 is 2.15 bits per heavy atom. The molecule has 0 radical (unpaired) electrons. The van der Waals surface area contributed by atoms with Crippen LogP contribution >= 0.6 is 22.7 Å². The van der Waals surface area contributed by atoms with Crippen molar-refractivity contribution in [1.82, 2.24) is 21.2 Å². The first-order valence-electron chi connectivity index (χ1n) is 8.94. The van der Waals surface area contributed by atoms with Crippen LogP contribution < -0.4 is 25.6 Å². The van der Waals surface area contributed by atoms with Gasteiger partial charge < -0.3 is 14.8 Å². The van der Waals surface area contributed by atoms with Gasteiger partial charge in [-0.3, -0.25) is 5.43 Å². The van der Waals surface area contributed by atoms with Gasteiger partial charge in [0.2, 0.25) is 6.79 Å². The zero-order valence-electron chi connectivity index (χ0n) is 14.6. The number of ether oxygens (including phenoxy) is 2. The summed E-state index contributed by atoms with van der Waals surface area (Å²) in [7, 11) is 0. The maximum Gasteiger partial charge on any atom is 0.231 e. The number of thiophene rings is 1. The Balaban J connectivity index is 1.19. The summed E-state index contributed by atoms with van der Waals surface area (Å²) in [4.78, 5) is 5.97. The predicted octanol–water partition coefficient (Wildman–Crippen LogP) is 3.16. The molecule has 1 fully saturated rings. The molecule has 3 aromatic rings. The van der Waals surface area contributed by atoms with Crippen LogP contribution in [0.25, 0.3) is 9.88 Å². The van der Waals surface area contributed by atoms with E-state index in [2.05, 4.69) is 51.2 Å². The quantitative estimate of drug-likeness (QED) is 0.591. The first-order chi connectivity index (χ1) is 13.4. The van der Waals surface area contributed by atoms with Crippen LogP contribution in [0.3, 0.4) is 0 Å². The highest BCUT2D eigenvalue weighted by atomic mass is 32.1. The number of benzene rings is 1. The van der Waals surface area contributed by atoms with Gasteiger partial charge in [0.15, 0.2) is 11.5 Å². The molecule has 2 aromatic heterocycles. The van der Waals surface area contributed by atoms with Gasteiger partial charge in [0, 0.05) is 30.9 Å². The van der Waals surface area contributed by atoms with Crippen molar-refractivity contribution in [1.29, 1.82) is 0 Å². The van der Waals surface area contributed by atoms with E-state index in [1.807, 2.05) is 6.07 Å². The molecular weight excluding hydrogens is 380 g/mol. The smallest absolute Gasteiger partial charge is 0.231 e. The summed E-state index contributed by atoms with van der Waals surface area (Å²) in [6, 6.07) is 10.6. The van der Waals surface area contributed by atoms with Crippen molar-refractivity contribution in [3.05, 3.63) is 52.3 Å². The minimum Gasteiger partial charge on any atom is -0.454 e. The summed E-state index contributed by atoms with van der Waals surface area (Å²) >= 11 is 3.44. The highest BCUT2D eigenvalue weighted by Crippen LogP contribution is 2.36. The molecule has 0 bridgehead atoms. The monoisotopic (exact) mass is 400 g/mol. The van der Waals surface area contributed by atoms with Crippen LogP contribution in [-0.4, -0.2) is 24.9 Å². The molecule has 2 unspecified atom stereocenters. The molecule has 0 spiro atoms. The van der Waals surface area contributed by atoms with Gasteiger partial charge in [-0.05, 0) is 29.1 Å². The molecule has 1 saturated heterocycles. The molecule has 8 heteroatoms. The zero-order chi connectivity index (χ0) is 18.1. The molecule has 5 rings (SSSR count). The Hall–Kier alpha value is -1.97. The molecule has 2 aliphatic rings. The predicted molar refractivity (Wildman–Crippen MR) is 107 cm³/mol. The molecule has 2 atom stereocenters. The van der Waals surface area contributed by atoms with Crippen molar-refractivity contribution in [2.24, 2.45) is 5.92 Å². The number of nitrogens with zero attached hydrogens (tertiary/aromatic N) is 1. The second kappa shape index (κ2) is 7.57. The number of hydrazine groups is 1. The lowest BCUT2D eigenvalue weighted by atomic mass is 9.94. The van der Waals surface area contributed by atoms with E-state index in [1.165, 1.54) is 10.4 Å². The van der Waals surface area contributed by atoms with E-state index in [0.717, 1.165) is 41.8 Å². The number of hydrogen-bond donors (Lipinski definition) is 3. The fourth-order valence-electron chi connectivity index (χ4n) is 3.47. The molecule has 4 heterocycles. The minimum absolute atomic E-state index is 0.240. The molecule has 0 saturated carbocycles. The van der Waals surface area contributed by atoms with E-state index in [9.17, 15) is 0 Å². The van der Waals surface area contributed by atoms with Gasteiger partial charge in [-0.1, -0.05) is 12.1 Å². The maximum atomic E-state index is 5.51. The van der Waals surface area contributed by atoms with E-state index in [-0.39, 0.29) is 6.04 Å². The number of hydrogen-bond acceptors (Lipinski definition) is 8. The molecule has 1 aromatic carbocycles. The van der Waals surface area contributed by atoms with Crippen molar-refractivity contribution in [3.63, 3.8) is 0 Å². The number of aromatic nitrogens is 1. The van der Waals surface area contributed by atoms with Crippen molar-refractivity contribution in [2.75, 3.05) is 19.9 Å². The Morgan fingerprint density at radius 3 is 3.07 bits per heavy atom. The van der Waals surface area contributed by atoms with Gasteiger partial charge in [0.05, 0.1) is 16.6 Å². The lowest BCUT2D eigenvalue weighted by molar-refractivity contribution is 0.174. The Bertz CT molecular complexity index is 912. The molecule has 3 N–H and O–H groups in total. The summed E-state index contributed by atoms with van der Waals surface area (Å²) in [5.74, 6) is 2.10. The Morgan fingerprint density at radius 1 is 1.19 bits per heavy atom. The van der Waals surface area contributed by atoms with E-state index in [1.54, 1.807) is 22.7 Å². The third kappa shape index (κ3) is 3.59. The number of thiazole rings is 1. The SMILES string of the molecule is c1csc(-c2nc(CNCC3CNNC3c3ccc4c(c3)OCO4)cs2)c1. The van der Waals surface area contributed by atoms with Crippen LogP contribution in [0, 0.1) is 5.92 Å². The lowest BCUT2D eigenvalue weighted by Crippen LogP contribution is -2.28. The summed E-state index contributed by atoms with van der Waals surface area (Å²) in [5, 5.41) is 8.90. The summed E-state index contributed by atoms with van der Waals surface area (Å²) < 4.78 is 10.9. The van der Waals surface area contributed by atoms with Gasteiger partial charge in [0.1, 0.15) is 5.01 Å². The third-order valence-corrected chi connectivity index (χ3v) is 6.78. The highest BCUT2D eigenvalue weighted by molar-refractivity contribution is 7.20. The Labute approximate surface area is 165 Å². The van der Waals surface area contributed by atoms with Crippen LogP contribution in [0.4, 0.5) is 0 Å². The fraction of sp³-hybridized carbons (Fsp3) is 0.316. The average Bonchev–Trinajstić information content (AvgIpc) is 3.47. The van der Waals surface area contributed by atoms with E-state index in [4.69, 9.17) is 14.5 Å². The molecule has 0 aliphatic carbocycles. The van der Waals surface area contributed by atoms with Gasteiger partial charge in [0.25, 0.3) is 0 Å². The van der Waals surface area contributed by atoms with Crippen molar-refractivity contribution in [2.45, 2.75) is 12.6 Å². The largest absolute Gasteiger partial charge is 0.454 e. The first kappa shape index (κ1) is 17.2. The van der Waals surface area contributed by atoms with Crippen molar-refractivity contribution >= 4 is 22.7 Å². The van der Waals surface area contributed by atoms with Gasteiger partial charge in [-0.2, -0.15) is 0 Å². The Kier molecular flexibility index (Phi) is 4.81. The average molecular weight is 401 g/mol. The maximum absolute atomic E-state index is 5.51. The normalized spacial score (nSPS) is 21.0. The topological polar surface area (TPSA) is 67.4 Å². The zero-order valence-corrected chi connectivity index (χ0v) is 16.2. The van der Waals surface area contributed by atoms with Crippen LogP contribution in [0.5, 0.6) is 11.5 Å². The number of rotatable bonds is 6. The molecule has 140 valence electrons. The van der Waals surface area contributed by atoms with Gasteiger partial charge in [-0.25, -0.2) is 10.4 Å².